The molecule has 8 heteroatoms. The number of hydrogen-bond acceptors (Lipinski definition) is 3. The first-order valence-corrected chi connectivity index (χ1v) is 5.84. The SMILES string of the molecule is CCC(C)OC(CS(=O)(=O)O)C(F)(F)F. The van der Waals surface area contributed by atoms with Gasteiger partial charge in [-0.1, -0.05) is 6.92 Å². The van der Waals surface area contributed by atoms with Gasteiger partial charge in [0.25, 0.3) is 10.1 Å². The average molecular weight is 250 g/mol. The maximum Gasteiger partial charge on any atom is 0.415 e. The summed E-state index contributed by atoms with van der Waals surface area (Å²) in [5.74, 6) is -1.47. The third-order valence-corrected chi connectivity index (χ3v) is 2.42. The molecule has 15 heavy (non-hydrogen) atoms. The van der Waals surface area contributed by atoms with E-state index in [9.17, 15) is 21.6 Å². The second-order valence-electron chi connectivity index (χ2n) is 3.13. The van der Waals surface area contributed by atoms with Crippen molar-refractivity contribution >= 4 is 10.1 Å². The van der Waals surface area contributed by atoms with Gasteiger partial charge in [0, 0.05) is 0 Å². The van der Waals surface area contributed by atoms with Crippen LogP contribution in [-0.2, 0) is 14.9 Å². The van der Waals surface area contributed by atoms with Gasteiger partial charge < -0.3 is 4.74 Å². The van der Waals surface area contributed by atoms with E-state index in [-0.39, 0.29) is 0 Å². The summed E-state index contributed by atoms with van der Waals surface area (Å²) in [5.41, 5.74) is 0. The summed E-state index contributed by atoms with van der Waals surface area (Å²) in [6.45, 7) is 2.99. The minimum atomic E-state index is -4.81. The lowest BCUT2D eigenvalue weighted by molar-refractivity contribution is -0.223. The van der Waals surface area contributed by atoms with E-state index in [1.165, 1.54) is 6.92 Å². The summed E-state index contributed by atoms with van der Waals surface area (Å²) >= 11 is 0. The molecule has 0 saturated carbocycles. The average Bonchev–Trinajstić information content (AvgIpc) is 1.98. The molecule has 2 unspecified atom stereocenters. The summed E-state index contributed by atoms with van der Waals surface area (Å²) in [4.78, 5) is 0. The molecular weight excluding hydrogens is 237 g/mol. The highest BCUT2D eigenvalue weighted by Crippen LogP contribution is 2.25. The standard InChI is InChI=1S/C7H13F3O4S/c1-3-5(2)14-6(7(8,9)10)4-15(11,12)13/h5-6H,3-4H2,1-2H3,(H,11,12,13). The van der Waals surface area contributed by atoms with Crippen LogP contribution in [0.1, 0.15) is 20.3 Å². The van der Waals surface area contributed by atoms with Crippen LogP contribution in [-0.4, -0.2) is 37.1 Å². The van der Waals surface area contributed by atoms with Crippen LogP contribution in [0.15, 0.2) is 0 Å². The van der Waals surface area contributed by atoms with Gasteiger partial charge in [-0.05, 0) is 13.3 Å². The highest BCUT2D eigenvalue weighted by molar-refractivity contribution is 7.85. The number of hydrogen-bond donors (Lipinski definition) is 1. The van der Waals surface area contributed by atoms with Gasteiger partial charge in [-0.25, -0.2) is 0 Å². The topological polar surface area (TPSA) is 63.6 Å². The van der Waals surface area contributed by atoms with Crippen LogP contribution in [0.3, 0.4) is 0 Å². The van der Waals surface area contributed by atoms with Gasteiger partial charge in [-0.2, -0.15) is 21.6 Å². The Morgan fingerprint density at radius 2 is 1.87 bits per heavy atom. The third kappa shape index (κ3) is 6.69. The van der Waals surface area contributed by atoms with Gasteiger partial charge in [0.1, 0.15) is 5.75 Å². The quantitative estimate of drug-likeness (QED) is 0.753. The van der Waals surface area contributed by atoms with Crippen LogP contribution in [0.4, 0.5) is 13.2 Å². The molecule has 0 amide bonds. The molecule has 0 saturated heterocycles. The molecule has 0 radical (unpaired) electrons. The smallest absolute Gasteiger partial charge is 0.365 e. The molecule has 0 rings (SSSR count). The molecule has 92 valence electrons. The molecule has 2 atom stereocenters. The van der Waals surface area contributed by atoms with Crippen molar-refractivity contribution in [2.45, 2.75) is 38.7 Å². The summed E-state index contributed by atoms with van der Waals surface area (Å²) in [6, 6.07) is 0. The van der Waals surface area contributed by atoms with Crippen molar-refractivity contribution in [3.05, 3.63) is 0 Å². The van der Waals surface area contributed by atoms with Crippen LogP contribution in [0, 0.1) is 0 Å². The van der Waals surface area contributed by atoms with Crippen LogP contribution in [0.25, 0.3) is 0 Å². The van der Waals surface area contributed by atoms with E-state index < -0.39 is 34.3 Å². The Kier molecular flexibility index (Phi) is 5.01. The Labute approximate surface area is 86.2 Å². The van der Waals surface area contributed by atoms with Crippen molar-refractivity contribution in [2.75, 3.05) is 5.75 Å². The molecule has 0 aromatic rings. The van der Waals surface area contributed by atoms with Crippen molar-refractivity contribution in [1.29, 1.82) is 0 Å². The molecule has 0 aliphatic heterocycles. The van der Waals surface area contributed by atoms with Crippen LogP contribution in [0.5, 0.6) is 0 Å². The minimum Gasteiger partial charge on any atom is -0.365 e. The van der Waals surface area contributed by atoms with E-state index in [0.29, 0.717) is 6.42 Å². The fraction of sp³-hybridized carbons (Fsp3) is 1.00. The van der Waals surface area contributed by atoms with Gasteiger partial charge in [-0.15, -0.1) is 0 Å². The first kappa shape index (κ1) is 14.7. The van der Waals surface area contributed by atoms with Crippen LogP contribution >= 0.6 is 0 Å². The van der Waals surface area contributed by atoms with E-state index >= 15 is 0 Å². The molecule has 4 nitrogen and oxygen atoms in total. The number of rotatable bonds is 5. The number of alkyl halides is 3. The lowest BCUT2D eigenvalue weighted by Gasteiger charge is -2.22. The fourth-order valence-electron chi connectivity index (χ4n) is 0.779. The highest BCUT2D eigenvalue weighted by atomic mass is 32.2. The zero-order chi connectivity index (χ0) is 12.3. The van der Waals surface area contributed by atoms with Crippen molar-refractivity contribution in [1.82, 2.24) is 0 Å². The van der Waals surface area contributed by atoms with Gasteiger partial charge in [0.15, 0.2) is 6.10 Å². The van der Waals surface area contributed by atoms with Gasteiger partial charge >= 0.3 is 6.18 Å². The largest absolute Gasteiger partial charge is 0.415 e. The fourth-order valence-corrected chi connectivity index (χ4v) is 1.43. The van der Waals surface area contributed by atoms with E-state index in [4.69, 9.17) is 4.55 Å². The van der Waals surface area contributed by atoms with E-state index in [1.807, 2.05) is 0 Å². The predicted molar refractivity (Wildman–Crippen MR) is 47.1 cm³/mol. The summed E-state index contributed by atoms with van der Waals surface area (Å²) in [7, 11) is -4.71. The third-order valence-electron chi connectivity index (χ3n) is 1.70. The Morgan fingerprint density at radius 1 is 1.40 bits per heavy atom. The molecule has 0 aliphatic rings. The van der Waals surface area contributed by atoms with Crippen molar-refractivity contribution < 1.29 is 30.9 Å². The van der Waals surface area contributed by atoms with E-state index in [0.717, 1.165) is 0 Å². The predicted octanol–water partition coefficient (Wildman–Crippen LogP) is 1.62. The zero-order valence-corrected chi connectivity index (χ0v) is 9.10. The first-order valence-electron chi connectivity index (χ1n) is 4.23. The monoisotopic (exact) mass is 250 g/mol. The Morgan fingerprint density at radius 3 is 2.13 bits per heavy atom. The lowest BCUT2D eigenvalue weighted by Crippen LogP contribution is -2.39. The minimum absolute atomic E-state index is 0.318. The van der Waals surface area contributed by atoms with Crippen molar-refractivity contribution in [3.8, 4) is 0 Å². The molecule has 0 bridgehead atoms. The first-order chi connectivity index (χ1) is 6.56. The zero-order valence-electron chi connectivity index (χ0n) is 8.28. The normalized spacial score (nSPS) is 17.5. The summed E-state index contributed by atoms with van der Waals surface area (Å²) in [5, 5.41) is 0. The molecule has 0 aromatic heterocycles. The molecule has 0 heterocycles. The van der Waals surface area contributed by atoms with E-state index in [1.54, 1.807) is 6.92 Å². The molecule has 0 spiro atoms. The second-order valence-corrected chi connectivity index (χ2v) is 4.63. The van der Waals surface area contributed by atoms with Gasteiger partial charge in [0.2, 0.25) is 0 Å². The van der Waals surface area contributed by atoms with Crippen molar-refractivity contribution in [2.24, 2.45) is 0 Å². The van der Waals surface area contributed by atoms with Gasteiger partial charge in [-0.3, -0.25) is 4.55 Å². The maximum atomic E-state index is 12.2. The molecular formula is C7H13F3O4S. The van der Waals surface area contributed by atoms with Crippen molar-refractivity contribution in [3.63, 3.8) is 0 Å². The number of ether oxygens (including phenoxy) is 1. The van der Waals surface area contributed by atoms with E-state index in [2.05, 4.69) is 4.74 Å². The van der Waals surface area contributed by atoms with Crippen LogP contribution < -0.4 is 0 Å². The van der Waals surface area contributed by atoms with Crippen LogP contribution in [0.2, 0.25) is 0 Å². The molecule has 0 fully saturated rings. The Bertz CT molecular complexity index is 285. The summed E-state index contributed by atoms with van der Waals surface area (Å²) in [6.07, 6.45) is -7.70. The second kappa shape index (κ2) is 5.13. The highest BCUT2D eigenvalue weighted by Gasteiger charge is 2.43. The maximum absolute atomic E-state index is 12.2. The lowest BCUT2D eigenvalue weighted by atomic mass is 10.3. The molecule has 1 N–H and O–H groups in total. The molecule has 0 aliphatic carbocycles. The number of halogens is 3. The Balaban J connectivity index is 4.61. The molecule has 0 aromatic carbocycles. The Hall–Kier alpha value is -0.340. The summed E-state index contributed by atoms with van der Waals surface area (Å²) < 4.78 is 70.2. The van der Waals surface area contributed by atoms with Gasteiger partial charge in [0.05, 0.1) is 6.10 Å².